The van der Waals surface area contributed by atoms with Crippen LogP contribution in [-0.4, -0.2) is 20.1 Å². The van der Waals surface area contributed by atoms with Crippen LogP contribution < -0.4 is 4.74 Å². The van der Waals surface area contributed by atoms with Crippen LogP contribution in [0.5, 0.6) is 5.75 Å². The molecule has 2 aromatic rings. The van der Waals surface area contributed by atoms with Gasteiger partial charge in [0.05, 0.1) is 7.11 Å². The van der Waals surface area contributed by atoms with Crippen LogP contribution in [0.25, 0.3) is 10.8 Å². The molecular formula is C14H15BO2. The van der Waals surface area contributed by atoms with Crippen LogP contribution in [0.2, 0.25) is 0 Å². The molecule has 1 N–H and O–H groups in total. The van der Waals surface area contributed by atoms with Crippen LogP contribution in [0.1, 0.15) is 18.9 Å². The van der Waals surface area contributed by atoms with Crippen LogP contribution in [0.3, 0.4) is 0 Å². The van der Waals surface area contributed by atoms with Crippen molar-refractivity contribution in [3.8, 4) is 5.75 Å². The standard InChI is InChI=1S/C14H15BO2/c1-3-14(15,16)13-6-4-5-10-7-8-11(17-2)9-12(10)13/h4-9,16H,3H2,1-2H3. The molecule has 2 rings (SSSR count). The Morgan fingerprint density at radius 1 is 1.29 bits per heavy atom. The topological polar surface area (TPSA) is 29.5 Å². The highest BCUT2D eigenvalue weighted by Crippen LogP contribution is 2.31. The Hall–Kier alpha value is -1.48. The quantitative estimate of drug-likeness (QED) is 0.815. The molecule has 3 heteroatoms. The van der Waals surface area contributed by atoms with E-state index in [0.29, 0.717) is 6.42 Å². The Morgan fingerprint density at radius 3 is 2.71 bits per heavy atom. The number of ether oxygens (including phenoxy) is 1. The molecule has 0 saturated carbocycles. The van der Waals surface area contributed by atoms with Gasteiger partial charge in [0.15, 0.2) is 0 Å². The second-order valence-electron chi connectivity index (χ2n) is 4.17. The van der Waals surface area contributed by atoms with E-state index in [-0.39, 0.29) is 0 Å². The highest BCUT2D eigenvalue weighted by molar-refractivity contribution is 6.16. The fourth-order valence-electron chi connectivity index (χ4n) is 1.95. The zero-order valence-electron chi connectivity index (χ0n) is 10.1. The zero-order valence-corrected chi connectivity index (χ0v) is 10.1. The van der Waals surface area contributed by atoms with Gasteiger partial charge in [0.2, 0.25) is 0 Å². The molecule has 2 nitrogen and oxygen atoms in total. The maximum atomic E-state index is 10.2. The minimum Gasteiger partial charge on any atom is -0.497 e. The Labute approximate surface area is 103 Å². The lowest BCUT2D eigenvalue weighted by Crippen LogP contribution is -2.24. The number of aliphatic hydroxyl groups is 1. The molecule has 0 fully saturated rings. The van der Waals surface area contributed by atoms with Crippen molar-refractivity contribution in [2.45, 2.75) is 18.8 Å². The first kappa shape index (κ1) is 12.0. The Kier molecular flexibility index (Phi) is 3.12. The Morgan fingerprint density at radius 2 is 2.06 bits per heavy atom. The van der Waals surface area contributed by atoms with Crippen molar-refractivity contribution in [1.82, 2.24) is 0 Å². The lowest BCUT2D eigenvalue weighted by Gasteiger charge is -2.24. The lowest BCUT2D eigenvalue weighted by molar-refractivity contribution is 0.125. The van der Waals surface area contributed by atoms with Crippen molar-refractivity contribution in [1.29, 1.82) is 0 Å². The minimum atomic E-state index is -1.30. The molecule has 0 aliphatic carbocycles. The van der Waals surface area contributed by atoms with Gasteiger partial charge in [-0.2, -0.15) is 0 Å². The van der Waals surface area contributed by atoms with Gasteiger partial charge in [0.1, 0.15) is 13.6 Å². The first-order valence-corrected chi connectivity index (χ1v) is 5.67. The van der Waals surface area contributed by atoms with Crippen molar-refractivity contribution >= 4 is 18.6 Å². The second-order valence-corrected chi connectivity index (χ2v) is 4.17. The molecule has 2 radical (unpaired) electrons. The van der Waals surface area contributed by atoms with E-state index in [1.807, 2.05) is 43.3 Å². The van der Waals surface area contributed by atoms with Gasteiger partial charge in [-0.15, -0.1) is 0 Å². The summed E-state index contributed by atoms with van der Waals surface area (Å²) in [6.07, 6.45) is 0.462. The highest BCUT2D eigenvalue weighted by atomic mass is 16.5. The van der Waals surface area contributed by atoms with Gasteiger partial charge in [-0.05, 0) is 34.9 Å². The minimum absolute atomic E-state index is 0.462. The molecule has 0 amide bonds. The van der Waals surface area contributed by atoms with Crippen LogP contribution in [0.4, 0.5) is 0 Å². The first-order valence-electron chi connectivity index (χ1n) is 5.67. The number of rotatable bonds is 3. The highest BCUT2D eigenvalue weighted by Gasteiger charge is 2.22. The molecule has 86 valence electrons. The van der Waals surface area contributed by atoms with Gasteiger partial charge in [-0.25, -0.2) is 0 Å². The number of hydrogen-bond donors (Lipinski definition) is 1. The smallest absolute Gasteiger partial charge is 0.120 e. The van der Waals surface area contributed by atoms with Crippen LogP contribution in [0, 0.1) is 0 Å². The van der Waals surface area contributed by atoms with E-state index in [4.69, 9.17) is 12.6 Å². The average molecular weight is 226 g/mol. The summed E-state index contributed by atoms with van der Waals surface area (Å²) >= 11 is 0. The summed E-state index contributed by atoms with van der Waals surface area (Å²) in [5, 5.41) is 12.2. The molecule has 0 aliphatic rings. The van der Waals surface area contributed by atoms with Gasteiger partial charge >= 0.3 is 0 Å². The fourth-order valence-corrected chi connectivity index (χ4v) is 1.95. The average Bonchev–Trinajstić information content (AvgIpc) is 2.37. The summed E-state index contributed by atoms with van der Waals surface area (Å²) in [6, 6.07) is 11.5. The van der Waals surface area contributed by atoms with Gasteiger partial charge in [0.25, 0.3) is 0 Å². The molecule has 0 spiro atoms. The third-order valence-corrected chi connectivity index (χ3v) is 3.09. The van der Waals surface area contributed by atoms with Gasteiger partial charge in [-0.3, -0.25) is 0 Å². The summed E-state index contributed by atoms with van der Waals surface area (Å²) in [7, 11) is 7.53. The Bertz CT molecular complexity index is 535. The van der Waals surface area contributed by atoms with Gasteiger partial charge in [-0.1, -0.05) is 31.2 Å². The van der Waals surface area contributed by atoms with E-state index in [9.17, 15) is 5.11 Å². The van der Waals surface area contributed by atoms with E-state index in [1.54, 1.807) is 7.11 Å². The van der Waals surface area contributed by atoms with E-state index >= 15 is 0 Å². The first-order chi connectivity index (χ1) is 8.08. The fraction of sp³-hybridized carbons (Fsp3) is 0.286. The van der Waals surface area contributed by atoms with Crippen molar-refractivity contribution in [2.75, 3.05) is 7.11 Å². The monoisotopic (exact) mass is 226 g/mol. The van der Waals surface area contributed by atoms with Crippen LogP contribution in [0.15, 0.2) is 36.4 Å². The largest absolute Gasteiger partial charge is 0.497 e. The maximum absolute atomic E-state index is 10.2. The molecule has 0 aliphatic heterocycles. The van der Waals surface area contributed by atoms with Gasteiger partial charge < -0.3 is 9.84 Å². The van der Waals surface area contributed by atoms with E-state index in [0.717, 1.165) is 22.1 Å². The lowest BCUT2D eigenvalue weighted by atomic mass is 9.72. The summed E-state index contributed by atoms with van der Waals surface area (Å²) < 4.78 is 5.20. The molecule has 1 unspecified atom stereocenters. The third kappa shape index (κ3) is 2.15. The van der Waals surface area contributed by atoms with Crippen molar-refractivity contribution in [2.24, 2.45) is 0 Å². The van der Waals surface area contributed by atoms with Crippen LogP contribution in [-0.2, 0) is 5.50 Å². The molecule has 17 heavy (non-hydrogen) atoms. The predicted octanol–water partition coefficient (Wildman–Crippen LogP) is 2.57. The molecule has 0 bridgehead atoms. The van der Waals surface area contributed by atoms with Gasteiger partial charge in [0, 0.05) is 5.50 Å². The van der Waals surface area contributed by atoms with Crippen molar-refractivity contribution < 1.29 is 9.84 Å². The molecular weight excluding hydrogens is 211 g/mol. The van der Waals surface area contributed by atoms with E-state index in [2.05, 4.69) is 0 Å². The maximum Gasteiger partial charge on any atom is 0.120 e. The second kappa shape index (κ2) is 4.42. The summed E-state index contributed by atoms with van der Waals surface area (Å²) in [6.45, 7) is 1.86. The van der Waals surface area contributed by atoms with E-state index in [1.165, 1.54) is 0 Å². The molecule has 2 aromatic carbocycles. The Balaban J connectivity index is 2.70. The number of methoxy groups -OCH3 is 1. The molecule has 0 aromatic heterocycles. The molecule has 0 heterocycles. The van der Waals surface area contributed by atoms with Crippen molar-refractivity contribution in [3.63, 3.8) is 0 Å². The molecule has 1 atom stereocenters. The number of benzene rings is 2. The summed E-state index contributed by atoms with van der Waals surface area (Å²) in [5.74, 6) is 0.761. The van der Waals surface area contributed by atoms with Crippen LogP contribution >= 0.6 is 0 Å². The number of fused-ring (bicyclic) bond motifs is 1. The predicted molar refractivity (Wildman–Crippen MR) is 70.4 cm³/mol. The third-order valence-electron chi connectivity index (χ3n) is 3.09. The number of hydrogen-bond acceptors (Lipinski definition) is 2. The zero-order chi connectivity index (χ0) is 12.5. The van der Waals surface area contributed by atoms with Crippen molar-refractivity contribution in [3.05, 3.63) is 42.0 Å². The molecule has 0 saturated heterocycles. The summed E-state index contributed by atoms with van der Waals surface area (Å²) in [4.78, 5) is 0. The normalized spacial score (nSPS) is 14.5. The van der Waals surface area contributed by atoms with E-state index < -0.39 is 5.50 Å². The summed E-state index contributed by atoms with van der Waals surface area (Å²) in [5.41, 5.74) is -0.567. The SMILES string of the molecule is [B]C(O)(CC)c1cccc2ccc(OC)cc12.